The standard InChI is InChI=1S/C9H13N5/c1-9(2,10)3-7-13-6-4-11-5-12-8(6)14-7/h4-5H,3,10H2,1-2H3,(H,11,12,13,14). The van der Waals surface area contributed by atoms with Crippen LogP contribution in [-0.2, 0) is 6.42 Å². The number of aromatic amines is 1. The summed E-state index contributed by atoms with van der Waals surface area (Å²) in [4.78, 5) is 15.4. The molecule has 0 bridgehead atoms. The molecule has 0 unspecified atom stereocenters. The van der Waals surface area contributed by atoms with Crippen LogP contribution in [0.15, 0.2) is 12.5 Å². The van der Waals surface area contributed by atoms with Crippen molar-refractivity contribution in [3.05, 3.63) is 18.3 Å². The van der Waals surface area contributed by atoms with Crippen LogP contribution in [0.3, 0.4) is 0 Å². The molecule has 0 amide bonds. The molecule has 74 valence electrons. The fourth-order valence-corrected chi connectivity index (χ4v) is 1.33. The topological polar surface area (TPSA) is 80.5 Å². The highest BCUT2D eigenvalue weighted by Crippen LogP contribution is 2.10. The third-order valence-corrected chi connectivity index (χ3v) is 1.83. The fourth-order valence-electron chi connectivity index (χ4n) is 1.33. The smallest absolute Gasteiger partial charge is 0.180 e. The fraction of sp³-hybridized carbons (Fsp3) is 0.444. The summed E-state index contributed by atoms with van der Waals surface area (Å²) in [5.74, 6) is 0.855. The van der Waals surface area contributed by atoms with Gasteiger partial charge in [0, 0.05) is 12.0 Å². The minimum Gasteiger partial charge on any atom is -0.339 e. The van der Waals surface area contributed by atoms with E-state index < -0.39 is 0 Å². The van der Waals surface area contributed by atoms with Gasteiger partial charge in [-0.2, -0.15) is 0 Å². The SMILES string of the molecule is CC(C)(N)Cc1nc2ncncc2[nH]1. The molecule has 2 aromatic heterocycles. The number of fused-ring (bicyclic) bond motifs is 1. The molecule has 0 fully saturated rings. The lowest BCUT2D eigenvalue weighted by molar-refractivity contribution is 0.505. The molecule has 5 heteroatoms. The molecule has 2 rings (SSSR count). The molecule has 0 aliphatic heterocycles. The van der Waals surface area contributed by atoms with Crippen molar-refractivity contribution in [2.24, 2.45) is 5.73 Å². The number of rotatable bonds is 2. The van der Waals surface area contributed by atoms with Crippen LogP contribution in [0.4, 0.5) is 0 Å². The Balaban J connectivity index is 2.36. The predicted octanol–water partition coefficient (Wildman–Crippen LogP) is 0.633. The lowest BCUT2D eigenvalue weighted by Gasteiger charge is -2.15. The highest BCUT2D eigenvalue weighted by atomic mass is 15.0. The molecule has 14 heavy (non-hydrogen) atoms. The summed E-state index contributed by atoms with van der Waals surface area (Å²) in [5, 5.41) is 0. The van der Waals surface area contributed by atoms with Crippen LogP contribution in [-0.4, -0.2) is 25.5 Å². The Bertz CT molecular complexity index is 407. The van der Waals surface area contributed by atoms with Crippen LogP contribution in [0.1, 0.15) is 19.7 Å². The first-order valence-electron chi connectivity index (χ1n) is 4.48. The highest BCUT2D eigenvalue weighted by molar-refractivity contribution is 5.68. The molecular formula is C9H13N5. The molecular weight excluding hydrogens is 178 g/mol. The second kappa shape index (κ2) is 3.02. The zero-order valence-electron chi connectivity index (χ0n) is 8.28. The Morgan fingerprint density at radius 2 is 2.29 bits per heavy atom. The third kappa shape index (κ3) is 1.88. The second-order valence-corrected chi connectivity index (χ2v) is 4.11. The number of imidazole rings is 1. The van der Waals surface area contributed by atoms with Crippen LogP contribution in [0.2, 0.25) is 0 Å². The zero-order valence-corrected chi connectivity index (χ0v) is 8.28. The van der Waals surface area contributed by atoms with Crippen molar-refractivity contribution in [3.8, 4) is 0 Å². The lowest BCUT2D eigenvalue weighted by atomic mass is 10.0. The molecule has 0 aliphatic rings. The Labute approximate surface area is 81.8 Å². The van der Waals surface area contributed by atoms with Crippen LogP contribution in [0.5, 0.6) is 0 Å². The van der Waals surface area contributed by atoms with Gasteiger partial charge in [-0.15, -0.1) is 0 Å². The largest absolute Gasteiger partial charge is 0.339 e. The van der Waals surface area contributed by atoms with Gasteiger partial charge in [0.1, 0.15) is 17.7 Å². The van der Waals surface area contributed by atoms with Gasteiger partial charge in [0.05, 0.1) is 6.20 Å². The van der Waals surface area contributed by atoms with E-state index in [1.165, 1.54) is 6.33 Å². The summed E-state index contributed by atoms with van der Waals surface area (Å²) >= 11 is 0. The van der Waals surface area contributed by atoms with Crippen molar-refractivity contribution in [3.63, 3.8) is 0 Å². The minimum absolute atomic E-state index is 0.263. The minimum atomic E-state index is -0.263. The summed E-state index contributed by atoms with van der Waals surface area (Å²) < 4.78 is 0. The van der Waals surface area contributed by atoms with E-state index in [-0.39, 0.29) is 5.54 Å². The van der Waals surface area contributed by atoms with Crippen molar-refractivity contribution in [2.75, 3.05) is 0 Å². The van der Waals surface area contributed by atoms with Gasteiger partial charge in [-0.1, -0.05) is 0 Å². The van der Waals surface area contributed by atoms with Crippen molar-refractivity contribution in [2.45, 2.75) is 25.8 Å². The summed E-state index contributed by atoms with van der Waals surface area (Å²) in [6, 6.07) is 0. The highest BCUT2D eigenvalue weighted by Gasteiger charge is 2.14. The molecule has 5 nitrogen and oxygen atoms in total. The van der Waals surface area contributed by atoms with Crippen LogP contribution < -0.4 is 5.73 Å². The first-order valence-corrected chi connectivity index (χ1v) is 4.48. The molecule has 0 radical (unpaired) electrons. The van der Waals surface area contributed by atoms with Gasteiger partial charge in [0.25, 0.3) is 0 Å². The maximum Gasteiger partial charge on any atom is 0.180 e. The number of nitrogens with one attached hydrogen (secondary N) is 1. The van der Waals surface area contributed by atoms with Crippen molar-refractivity contribution >= 4 is 11.2 Å². The first-order chi connectivity index (χ1) is 6.54. The average molecular weight is 191 g/mol. The molecule has 0 aliphatic carbocycles. The number of aromatic nitrogens is 4. The van der Waals surface area contributed by atoms with Gasteiger partial charge in [-0.05, 0) is 13.8 Å². The third-order valence-electron chi connectivity index (χ3n) is 1.83. The van der Waals surface area contributed by atoms with Gasteiger partial charge >= 0.3 is 0 Å². The summed E-state index contributed by atoms with van der Waals surface area (Å²) in [7, 11) is 0. The number of hydrogen-bond acceptors (Lipinski definition) is 4. The van der Waals surface area contributed by atoms with E-state index in [2.05, 4.69) is 19.9 Å². The molecule has 2 heterocycles. The number of hydrogen-bond donors (Lipinski definition) is 2. The maximum absolute atomic E-state index is 5.89. The molecule has 0 saturated carbocycles. The van der Waals surface area contributed by atoms with Crippen molar-refractivity contribution in [1.29, 1.82) is 0 Å². The number of nitrogens with zero attached hydrogens (tertiary/aromatic N) is 3. The molecule has 0 aromatic carbocycles. The molecule has 2 aromatic rings. The van der Waals surface area contributed by atoms with Gasteiger partial charge in [-0.3, -0.25) is 0 Å². The predicted molar refractivity (Wildman–Crippen MR) is 53.7 cm³/mol. The summed E-state index contributed by atoms with van der Waals surface area (Å²) in [5.41, 5.74) is 7.18. The lowest BCUT2D eigenvalue weighted by Crippen LogP contribution is -2.34. The number of nitrogens with two attached hydrogens (primary N) is 1. The molecule has 3 N–H and O–H groups in total. The Morgan fingerprint density at radius 3 is 2.93 bits per heavy atom. The molecule has 0 spiro atoms. The van der Waals surface area contributed by atoms with E-state index in [0.717, 1.165) is 11.3 Å². The maximum atomic E-state index is 5.89. The van der Waals surface area contributed by atoms with Gasteiger partial charge in [0.15, 0.2) is 5.65 Å². The summed E-state index contributed by atoms with van der Waals surface area (Å²) in [6.45, 7) is 3.93. The van der Waals surface area contributed by atoms with Crippen molar-refractivity contribution < 1.29 is 0 Å². The second-order valence-electron chi connectivity index (χ2n) is 4.11. The zero-order chi connectivity index (χ0) is 10.2. The average Bonchev–Trinajstić information content (AvgIpc) is 2.42. The van der Waals surface area contributed by atoms with E-state index in [9.17, 15) is 0 Å². The normalized spacial score (nSPS) is 12.2. The van der Waals surface area contributed by atoms with Gasteiger partial charge in [-0.25, -0.2) is 15.0 Å². The van der Waals surface area contributed by atoms with E-state index in [0.29, 0.717) is 12.1 Å². The Kier molecular flexibility index (Phi) is 1.96. The Hall–Kier alpha value is -1.49. The monoisotopic (exact) mass is 191 g/mol. The quantitative estimate of drug-likeness (QED) is 0.729. The van der Waals surface area contributed by atoms with Crippen molar-refractivity contribution in [1.82, 2.24) is 19.9 Å². The van der Waals surface area contributed by atoms with Gasteiger partial charge in [0.2, 0.25) is 0 Å². The molecule has 0 atom stereocenters. The van der Waals surface area contributed by atoms with Crippen LogP contribution in [0, 0.1) is 0 Å². The van der Waals surface area contributed by atoms with E-state index in [1.54, 1.807) is 6.20 Å². The van der Waals surface area contributed by atoms with E-state index >= 15 is 0 Å². The Morgan fingerprint density at radius 1 is 1.50 bits per heavy atom. The van der Waals surface area contributed by atoms with E-state index in [1.807, 2.05) is 13.8 Å². The van der Waals surface area contributed by atoms with E-state index in [4.69, 9.17) is 5.73 Å². The number of H-pyrrole nitrogens is 1. The van der Waals surface area contributed by atoms with Crippen LogP contribution in [0.25, 0.3) is 11.2 Å². The summed E-state index contributed by atoms with van der Waals surface area (Å²) in [6.07, 6.45) is 3.90. The van der Waals surface area contributed by atoms with Crippen LogP contribution >= 0.6 is 0 Å². The van der Waals surface area contributed by atoms with Gasteiger partial charge < -0.3 is 10.7 Å². The molecule has 0 saturated heterocycles. The first kappa shape index (κ1) is 9.08.